The Labute approximate surface area is 197 Å². The van der Waals surface area contributed by atoms with Crippen LogP contribution in [0.1, 0.15) is 27.9 Å². The number of carbonyl (C=O) groups excluding carboxylic acids is 1. The van der Waals surface area contributed by atoms with E-state index in [9.17, 15) is 4.79 Å². The summed E-state index contributed by atoms with van der Waals surface area (Å²) in [7, 11) is 0. The maximum atomic E-state index is 11.6. The molecule has 1 amide bonds. The molecule has 10 heteroatoms. The smallest absolute Gasteiger partial charge is 0.248 e. The molecule has 0 saturated carbocycles. The van der Waals surface area contributed by atoms with Crippen LogP contribution in [0, 0.1) is 6.92 Å². The van der Waals surface area contributed by atoms with E-state index >= 15 is 0 Å². The molecule has 0 spiro atoms. The van der Waals surface area contributed by atoms with Crippen LogP contribution in [-0.4, -0.2) is 46.5 Å². The third-order valence-electron chi connectivity index (χ3n) is 5.41. The molecular weight excluding hydrogens is 440 g/mol. The molecule has 1 atom stereocenters. The van der Waals surface area contributed by atoms with Crippen LogP contribution in [0.25, 0.3) is 0 Å². The van der Waals surface area contributed by atoms with Gasteiger partial charge >= 0.3 is 0 Å². The number of nitrogens with zero attached hydrogens (tertiary/aromatic N) is 3. The molecular formula is C23H27ClN8O. The van der Waals surface area contributed by atoms with Gasteiger partial charge in [-0.15, -0.1) is 0 Å². The summed E-state index contributed by atoms with van der Waals surface area (Å²) in [6.07, 6.45) is 1.79. The lowest BCUT2D eigenvalue weighted by Crippen LogP contribution is -2.24. The first-order chi connectivity index (χ1) is 16.0. The van der Waals surface area contributed by atoms with Crippen LogP contribution in [-0.2, 0) is 6.42 Å². The highest BCUT2D eigenvalue weighted by Crippen LogP contribution is 2.22. The predicted octanol–water partition coefficient (Wildman–Crippen LogP) is 3.10. The van der Waals surface area contributed by atoms with Crippen LogP contribution in [0.15, 0.2) is 42.5 Å². The van der Waals surface area contributed by atoms with Gasteiger partial charge in [0.25, 0.3) is 0 Å². The molecule has 172 valence electrons. The Morgan fingerprint density at radius 2 is 1.88 bits per heavy atom. The van der Waals surface area contributed by atoms with Gasteiger partial charge in [0.1, 0.15) is 0 Å². The molecule has 1 aliphatic rings. The number of carbonyl (C=O) groups is 1. The number of aromatic nitrogens is 3. The minimum atomic E-state index is -0.491. The summed E-state index contributed by atoms with van der Waals surface area (Å²) in [6.45, 7) is 4.39. The molecule has 0 unspecified atom stereocenters. The Bertz CT molecular complexity index is 1120. The Kier molecular flexibility index (Phi) is 7.21. The zero-order valence-corrected chi connectivity index (χ0v) is 19.1. The highest BCUT2D eigenvalue weighted by molar-refractivity contribution is 6.30. The Hall–Kier alpha value is -3.43. The van der Waals surface area contributed by atoms with Gasteiger partial charge in [0, 0.05) is 35.4 Å². The number of benzene rings is 2. The number of aryl methyl sites for hydroxylation is 1. The number of amides is 1. The van der Waals surface area contributed by atoms with E-state index in [0.29, 0.717) is 40.7 Å². The van der Waals surface area contributed by atoms with Gasteiger partial charge in [-0.1, -0.05) is 29.8 Å². The van der Waals surface area contributed by atoms with E-state index in [1.807, 2.05) is 37.3 Å². The maximum Gasteiger partial charge on any atom is 0.248 e. The second-order valence-electron chi connectivity index (χ2n) is 7.96. The fourth-order valence-corrected chi connectivity index (χ4v) is 3.66. The zero-order valence-electron chi connectivity index (χ0n) is 18.4. The van der Waals surface area contributed by atoms with E-state index in [0.717, 1.165) is 37.1 Å². The first-order valence-electron chi connectivity index (χ1n) is 10.9. The van der Waals surface area contributed by atoms with Crippen LogP contribution < -0.4 is 27.0 Å². The molecule has 0 bridgehead atoms. The molecule has 2 aromatic carbocycles. The lowest BCUT2D eigenvalue weighted by molar-refractivity contribution is 0.100. The van der Waals surface area contributed by atoms with Crippen LogP contribution >= 0.6 is 11.6 Å². The van der Waals surface area contributed by atoms with E-state index in [-0.39, 0.29) is 6.04 Å². The van der Waals surface area contributed by atoms with Gasteiger partial charge < -0.3 is 27.0 Å². The summed E-state index contributed by atoms with van der Waals surface area (Å²) in [4.78, 5) is 25.2. The van der Waals surface area contributed by atoms with E-state index < -0.39 is 5.91 Å². The van der Waals surface area contributed by atoms with Crippen LogP contribution in [0.2, 0.25) is 5.02 Å². The van der Waals surface area contributed by atoms with Crippen molar-refractivity contribution in [3.8, 4) is 0 Å². The summed E-state index contributed by atoms with van der Waals surface area (Å²) >= 11 is 5.96. The number of anilines is 4. The van der Waals surface area contributed by atoms with Crippen molar-refractivity contribution in [1.29, 1.82) is 0 Å². The first-order valence-corrected chi connectivity index (χ1v) is 11.2. The SMILES string of the molecule is Cc1ccc(C(N)=O)cc1Nc1nc(NCCc2ccc(Cl)cc2)nc(N[C@H]2CCNC2)n1. The summed E-state index contributed by atoms with van der Waals surface area (Å²) in [6, 6.07) is 13.2. The highest BCUT2D eigenvalue weighted by atomic mass is 35.5. The van der Waals surface area contributed by atoms with Crippen molar-refractivity contribution in [3.63, 3.8) is 0 Å². The van der Waals surface area contributed by atoms with Crippen molar-refractivity contribution in [3.05, 3.63) is 64.2 Å². The number of nitrogens with two attached hydrogens (primary N) is 1. The molecule has 1 saturated heterocycles. The van der Waals surface area contributed by atoms with E-state index in [1.54, 1.807) is 12.1 Å². The van der Waals surface area contributed by atoms with E-state index in [2.05, 4.69) is 36.2 Å². The van der Waals surface area contributed by atoms with Gasteiger partial charge in [-0.2, -0.15) is 15.0 Å². The lowest BCUT2D eigenvalue weighted by atomic mass is 10.1. The number of halogens is 1. The molecule has 3 aromatic rings. The Morgan fingerprint density at radius 3 is 2.61 bits per heavy atom. The van der Waals surface area contributed by atoms with E-state index in [1.165, 1.54) is 0 Å². The summed E-state index contributed by atoms with van der Waals surface area (Å²) in [5.74, 6) is 0.823. The predicted molar refractivity (Wildman–Crippen MR) is 131 cm³/mol. The average molecular weight is 467 g/mol. The van der Waals surface area contributed by atoms with Gasteiger partial charge in [0.2, 0.25) is 23.8 Å². The topological polar surface area (TPSA) is 130 Å². The molecule has 1 fully saturated rings. The summed E-state index contributed by atoms with van der Waals surface area (Å²) in [5.41, 5.74) is 8.65. The second kappa shape index (κ2) is 10.5. The third kappa shape index (κ3) is 6.30. The number of rotatable bonds is 9. The van der Waals surface area contributed by atoms with Crippen molar-refractivity contribution >= 4 is 41.0 Å². The second-order valence-corrected chi connectivity index (χ2v) is 8.40. The summed E-state index contributed by atoms with van der Waals surface area (Å²) in [5, 5.41) is 13.9. The molecule has 4 rings (SSSR count). The van der Waals surface area contributed by atoms with Gasteiger partial charge in [0.05, 0.1) is 0 Å². The number of hydrogen-bond donors (Lipinski definition) is 5. The van der Waals surface area contributed by atoms with Crippen LogP contribution in [0.3, 0.4) is 0 Å². The standard InChI is InChI=1S/C23H27ClN8O/c1-14-2-5-16(20(25)33)12-19(14)29-23-31-21(27-11-8-15-3-6-17(24)7-4-15)30-22(32-23)28-18-9-10-26-13-18/h2-7,12,18,26H,8-11,13H2,1H3,(H2,25,33)(H3,27,28,29,30,31,32)/t18-/m0/s1. The minimum Gasteiger partial charge on any atom is -0.366 e. The Morgan fingerprint density at radius 1 is 1.12 bits per heavy atom. The molecule has 6 N–H and O–H groups in total. The summed E-state index contributed by atoms with van der Waals surface area (Å²) < 4.78 is 0. The number of hydrogen-bond acceptors (Lipinski definition) is 8. The molecule has 9 nitrogen and oxygen atoms in total. The lowest BCUT2D eigenvalue weighted by Gasteiger charge is -2.15. The maximum absolute atomic E-state index is 11.6. The van der Waals surface area contributed by atoms with E-state index in [4.69, 9.17) is 17.3 Å². The van der Waals surface area contributed by atoms with Gasteiger partial charge in [-0.25, -0.2) is 0 Å². The average Bonchev–Trinajstić information content (AvgIpc) is 3.29. The fraction of sp³-hybridized carbons (Fsp3) is 0.304. The van der Waals surface area contributed by atoms with Crippen molar-refractivity contribution in [2.24, 2.45) is 5.73 Å². The van der Waals surface area contributed by atoms with Crippen LogP contribution in [0.4, 0.5) is 23.5 Å². The molecule has 2 heterocycles. The highest BCUT2D eigenvalue weighted by Gasteiger charge is 2.17. The molecule has 1 aliphatic heterocycles. The Balaban J connectivity index is 1.53. The number of nitrogens with one attached hydrogen (secondary N) is 4. The number of primary amides is 1. The van der Waals surface area contributed by atoms with Gasteiger partial charge in [-0.05, 0) is 61.7 Å². The normalized spacial score (nSPS) is 15.3. The van der Waals surface area contributed by atoms with Crippen molar-refractivity contribution in [2.75, 3.05) is 35.6 Å². The fourth-order valence-electron chi connectivity index (χ4n) is 3.54. The molecule has 0 radical (unpaired) electrons. The van der Waals surface area contributed by atoms with Gasteiger partial charge in [0.15, 0.2) is 0 Å². The minimum absolute atomic E-state index is 0.252. The first kappa shape index (κ1) is 22.8. The van der Waals surface area contributed by atoms with Gasteiger partial charge in [-0.3, -0.25) is 4.79 Å². The largest absolute Gasteiger partial charge is 0.366 e. The van der Waals surface area contributed by atoms with Crippen LogP contribution in [0.5, 0.6) is 0 Å². The third-order valence-corrected chi connectivity index (χ3v) is 5.66. The monoisotopic (exact) mass is 466 g/mol. The van der Waals surface area contributed by atoms with Crippen molar-refractivity contribution in [1.82, 2.24) is 20.3 Å². The quantitative estimate of drug-likeness (QED) is 0.325. The van der Waals surface area contributed by atoms with Crippen molar-refractivity contribution < 1.29 is 4.79 Å². The molecule has 33 heavy (non-hydrogen) atoms. The molecule has 1 aromatic heterocycles. The molecule has 0 aliphatic carbocycles. The zero-order chi connectivity index (χ0) is 23.2. The van der Waals surface area contributed by atoms with Crippen molar-refractivity contribution in [2.45, 2.75) is 25.8 Å².